The van der Waals surface area contributed by atoms with Gasteiger partial charge >= 0.3 is 0 Å². The topological polar surface area (TPSA) is 74.2 Å². The fraction of sp³-hybridized carbons (Fsp3) is 0.467. The Labute approximate surface area is 129 Å². The average molecular weight is 307 g/mol. The smallest absolute Gasteiger partial charge is 0.243 e. The molecule has 0 fully saturated rings. The third-order valence-corrected chi connectivity index (χ3v) is 4.01. The zero-order valence-corrected chi connectivity index (χ0v) is 13.2. The van der Waals surface area contributed by atoms with Gasteiger partial charge in [0.25, 0.3) is 0 Å². The molecule has 0 saturated heterocycles. The summed E-state index contributed by atoms with van der Waals surface area (Å²) in [5.74, 6) is 1.86. The van der Waals surface area contributed by atoms with Gasteiger partial charge in [-0.15, -0.1) is 11.8 Å². The van der Waals surface area contributed by atoms with E-state index in [0.29, 0.717) is 24.1 Å². The summed E-state index contributed by atoms with van der Waals surface area (Å²) in [7, 11) is 1.68. The van der Waals surface area contributed by atoms with Gasteiger partial charge in [-0.2, -0.15) is 4.98 Å². The minimum Gasteiger partial charge on any atom is -0.385 e. The fourth-order valence-corrected chi connectivity index (χ4v) is 2.76. The van der Waals surface area contributed by atoms with Gasteiger partial charge < -0.3 is 15.0 Å². The van der Waals surface area contributed by atoms with Gasteiger partial charge in [-0.3, -0.25) is 0 Å². The summed E-state index contributed by atoms with van der Waals surface area (Å²) in [6.45, 7) is 2.77. The van der Waals surface area contributed by atoms with Crippen LogP contribution in [0.5, 0.6) is 0 Å². The first kappa shape index (κ1) is 16.0. The number of rotatable bonds is 8. The Kier molecular flexibility index (Phi) is 6.22. The lowest BCUT2D eigenvalue weighted by Crippen LogP contribution is -2.11. The Bertz CT molecular complexity index is 559. The van der Waals surface area contributed by atoms with Crippen LogP contribution in [0.1, 0.15) is 36.2 Å². The Morgan fingerprint density at radius 3 is 3.05 bits per heavy atom. The highest BCUT2D eigenvalue weighted by Crippen LogP contribution is 2.23. The van der Waals surface area contributed by atoms with Crippen molar-refractivity contribution in [3.8, 4) is 0 Å². The van der Waals surface area contributed by atoms with Crippen molar-refractivity contribution in [3.05, 3.63) is 41.5 Å². The predicted octanol–water partition coefficient (Wildman–Crippen LogP) is 3.10. The van der Waals surface area contributed by atoms with Gasteiger partial charge in [-0.1, -0.05) is 22.9 Å². The van der Waals surface area contributed by atoms with E-state index in [1.54, 1.807) is 18.9 Å². The number of benzene rings is 1. The molecule has 21 heavy (non-hydrogen) atoms. The average Bonchev–Trinajstić information content (AvgIpc) is 2.94. The maximum atomic E-state index is 6.02. The minimum absolute atomic E-state index is 0.217. The van der Waals surface area contributed by atoms with E-state index < -0.39 is 0 Å². The first-order chi connectivity index (χ1) is 10.2. The standard InChI is InChI=1S/C15H21N3O2S/c1-11-5-3-6-12(9-11)21-10-14-17-15(20-18-14)13(16)7-4-8-19-2/h3,5-6,9,13H,4,7-8,10,16H2,1-2H3. The molecule has 114 valence electrons. The molecule has 1 unspecified atom stereocenters. The molecule has 0 aliphatic rings. The summed E-state index contributed by atoms with van der Waals surface area (Å²) in [6, 6.07) is 8.13. The van der Waals surface area contributed by atoms with E-state index in [1.165, 1.54) is 10.5 Å². The lowest BCUT2D eigenvalue weighted by Gasteiger charge is -2.05. The van der Waals surface area contributed by atoms with Crippen LogP contribution in [0, 0.1) is 6.92 Å². The first-order valence-corrected chi connectivity index (χ1v) is 7.94. The molecule has 0 radical (unpaired) electrons. The van der Waals surface area contributed by atoms with Crippen LogP contribution in [0.25, 0.3) is 0 Å². The van der Waals surface area contributed by atoms with Gasteiger partial charge in [0.1, 0.15) is 0 Å². The van der Waals surface area contributed by atoms with E-state index in [0.717, 1.165) is 12.8 Å². The largest absolute Gasteiger partial charge is 0.385 e. The number of methoxy groups -OCH3 is 1. The maximum absolute atomic E-state index is 6.02. The lowest BCUT2D eigenvalue weighted by atomic mass is 10.2. The molecule has 0 aliphatic carbocycles. The van der Waals surface area contributed by atoms with Gasteiger partial charge in [-0.05, 0) is 31.9 Å². The van der Waals surface area contributed by atoms with Crippen LogP contribution in [-0.4, -0.2) is 23.9 Å². The van der Waals surface area contributed by atoms with Gasteiger partial charge in [0.05, 0.1) is 11.8 Å². The Morgan fingerprint density at radius 2 is 2.29 bits per heavy atom. The van der Waals surface area contributed by atoms with E-state index >= 15 is 0 Å². The highest BCUT2D eigenvalue weighted by atomic mass is 32.2. The lowest BCUT2D eigenvalue weighted by molar-refractivity contribution is 0.188. The second-order valence-electron chi connectivity index (χ2n) is 4.90. The fourth-order valence-electron chi connectivity index (χ4n) is 1.90. The summed E-state index contributed by atoms with van der Waals surface area (Å²) in [4.78, 5) is 5.56. The first-order valence-electron chi connectivity index (χ1n) is 6.95. The molecule has 0 saturated carbocycles. The molecule has 0 spiro atoms. The number of thioether (sulfide) groups is 1. The summed E-state index contributed by atoms with van der Waals surface area (Å²) < 4.78 is 10.2. The molecular weight excluding hydrogens is 286 g/mol. The third kappa shape index (κ3) is 5.15. The summed E-state index contributed by atoms with van der Waals surface area (Å²) in [5.41, 5.74) is 7.26. The summed E-state index contributed by atoms with van der Waals surface area (Å²) >= 11 is 1.69. The molecule has 0 aliphatic heterocycles. The molecule has 1 aromatic heterocycles. The van der Waals surface area contributed by atoms with Crippen molar-refractivity contribution < 1.29 is 9.26 Å². The zero-order valence-electron chi connectivity index (χ0n) is 12.4. The number of nitrogens with two attached hydrogens (primary N) is 1. The van der Waals surface area contributed by atoms with Crippen LogP contribution in [-0.2, 0) is 10.5 Å². The van der Waals surface area contributed by atoms with E-state index in [4.69, 9.17) is 15.0 Å². The molecule has 2 rings (SSSR count). The molecule has 2 N–H and O–H groups in total. The molecule has 0 bridgehead atoms. The van der Waals surface area contributed by atoms with Crippen LogP contribution in [0.3, 0.4) is 0 Å². The number of ether oxygens (including phenoxy) is 1. The number of nitrogens with zero attached hydrogens (tertiary/aromatic N) is 2. The van der Waals surface area contributed by atoms with E-state index in [2.05, 4.69) is 35.3 Å². The van der Waals surface area contributed by atoms with E-state index in [1.807, 2.05) is 6.07 Å². The Morgan fingerprint density at radius 1 is 1.43 bits per heavy atom. The van der Waals surface area contributed by atoms with Crippen LogP contribution < -0.4 is 5.73 Å². The number of hydrogen-bond donors (Lipinski definition) is 1. The number of aryl methyl sites for hydroxylation is 1. The quantitative estimate of drug-likeness (QED) is 0.596. The van der Waals surface area contributed by atoms with Crippen LogP contribution >= 0.6 is 11.8 Å². The van der Waals surface area contributed by atoms with Gasteiger partial charge in [0, 0.05) is 18.6 Å². The summed E-state index contributed by atoms with van der Waals surface area (Å²) in [6.07, 6.45) is 1.66. The molecule has 1 atom stereocenters. The van der Waals surface area contributed by atoms with Crippen LogP contribution in [0.15, 0.2) is 33.7 Å². The van der Waals surface area contributed by atoms with E-state index in [-0.39, 0.29) is 6.04 Å². The third-order valence-electron chi connectivity index (χ3n) is 3.02. The van der Waals surface area contributed by atoms with Crippen LogP contribution in [0.4, 0.5) is 0 Å². The SMILES string of the molecule is COCCCC(N)c1nc(CSc2cccc(C)c2)no1. The van der Waals surface area contributed by atoms with Crippen molar-refractivity contribution in [2.24, 2.45) is 5.73 Å². The Balaban J connectivity index is 1.85. The molecule has 1 aromatic carbocycles. The molecule has 2 aromatic rings. The zero-order chi connectivity index (χ0) is 15.1. The highest BCUT2D eigenvalue weighted by molar-refractivity contribution is 7.98. The van der Waals surface area contributed by atoms with Gasteiger partial charge in [0.2, 0.25) is 5.89 Å². The molecule has 5 nitrogen and oxygen atoms in total. The molecule has 6 heteroatoms. The van der Waals surface area contributed by atoms with Crippen LogP contribution in [0.2, 0.25) is 0 Å². The van der Waals surface area contributed by atoms with Crippen molar-refractivity contribution in [2.45, 2.75) is 36.5 Å². The van der Waals surface area contributed by atoms with Gasteiger partial charge in [0.15, 0.2) is 5.82 Å². The molecule has 1 heterocycles. The van der Waals surface area contributed by atoms with E-state index in [9.17, 15) is 0 Å². The van der Waals surface area contributed by atoms with Gasteiger partial charge in [-0.25, -0.2) is 0 Å². The second-order valence-corrected chi connectivity index (χ2v) is 5.94. The highest BCUT2D eigenvalue weighted by Gasteiger charge is 2.14. The Hall–Kier alpha value is -1.37. The van der Waals surface area contributed by atoms with Crippen molar-refractivity contribution in [1.82, 2.24) is 10.1 Å². The summed E-state index contributed by atoms with van der Waals surface area (Å²) in [5, 5.41) is 3.98. The van der Waals surface area contributed by atoms with Crippen molar-refractivity contribution >= 4 is 11.8 Å². The molecular formula is C15H21N3O2S. The molecule has 0 amide bonds. The monoisotopic (exact) mass is 307 g/mol. The second kappa shape index (κ2) is 8.17. The predicted molar refractivity (Wildman–Crippen MR) is 83.1 cm³/mol. The van der Waals surface area contributed by atoms with Crippen molar-refractivity contribution in [1.29, 1.82) is 0 Å². The normalized spacial score (nSPS) is 12.5. The van der Waals surface area contributed by atoms with Crippen molar-refractivity contribution in [2.75, 3.05) is 13.7 Å². The maximum Gasteiger partial charge on any atom is 0.243 e. The van der Waals surface area contributed by atoms with Crippen molar-refractivity contribution in [3.63, 3.8) is 0 Å². The number of hydrogen-bond acceptors (Lipinski definition) is 6. The number of aromatic nitrogens is 2. The minimum atomic E-state index is -0.217.